The molecule has 13 nitrogen and oxygen atoms in total. The summed E-state index contributed by atoms with van der Waals surface area (Å²) in [7, 11) is 1.35. The molecular formula is C25H23N5O8. The lowest BCUT2D eigenvalue weighted by Gasteiger charge is -2.12. The van der Waals surface area contributed by atoms with Crippen LogP contribution in [0.4, 0.5) is 17.1 Å². The maximum absolute atomic E-state index is 12.3. The molecule has 38 heavy (non-hydrogen) atoms. The van der Waals surface area contributed by atoms with Gasteiger partial charge in [0.1, 0.15) is 0 Å². The van der Waals surface area contributed by atoms with E-state index in [1.54, 1.807) is 13.0 Å². The Balaban J connectivity index is 1.76. The lowest BCUT2D eigenvalue weighted by Crippen LogP contribution is -2.33. The Labute approximate surface area is 216 Å². The third kappa shape index (κ3) is 6.26. The van der Waals surface area contributed by atoms with E-state index in [4.69, 9.17) is 9.47 Å². The zero-order chi connectivity index (χ0) is 28.0. The average molecular weight is 521 g/mol. The molecule has 0 aliphatic heterocycles. The van der Waals surface area contributed by atoms with Gasteiger partial charge < -0.3 is 14.8 Å². The van der Waals surface area contributed by atoms with E-state index in [9.17, 15) is 29.8 Å². The number of nitro groups is 2. The zero-order valence-electron chi connectivity index (χ0n) is 20.8. The Bertz CT molecular complexity index is 1450. The van der Waals surface area contributed by atoms with E-state index in [0.29, 0.717) is 17.0 Å². The molecule has 3 aromatic carbocycles. The summed E-state index contributed by atoms with van der Waals surface area (Å²) < 4.78 is 10.9. The first-order valence-corrected chi connectivity index (χ1v) is 11.0. The van der Waals surface area contributed by atoms with Crippen molar-refractivity contribution >= 4 is 34.6 Å². The van der Waals surface area contributed by atoms with Crippen molar-refractivity contribution in [3.63, 3.8) is 0 Å². The molecule has 3 aromatic rings. The normalized spacial score (nSPS) is 10.9. The molecule has 0 spiro atoms. The van der Waals surface area contributed by atoms with E-state index in [2.05, 4.69) is 15.8 Å². The van der Waals surface area contributed by atoms with E-state index < -0.39 is 33.0 Å². The Kier molecular flexibility index (Phi) is 8.32. The Hall–Kier alpha value is -5.33. The van der Waals surface area contributed by atoms with Gasteiger partial charge in [-0.15, -0.1) is 0 Å². The minimum Gasteiger partial charge on any atom is -0.493 e. The van der Waals surface area contributed by atoms with Gasteiger partial charge in [0.25, 0.3) is 5.69 Å². The molecule has 2 amide bonds. The van der Waals surface area contributed by atoms with Gasteiger partial charge in [0.2, 0.25) is 5.75 Å². The van der Waals surface area contributed by atoms with Gasteiger partial charge in [0.15, 0.2) is 11.5 Å². The second-order valence-corrected chi connectivity index (χ2v) is 7.99. The highest BCUT2D eigenvalue weighted by Crippen LogP contribution is 2.38. The molecule has 0 fully saturated rings. The molecule has 0 aromatic heterocycles. The Morgan fingerprint density at radius 1 is 0.868 bits per heavy atom. The number of hydrogen-bond donors (Lipinski definition) is 2. The van der Waals surface area contributed by atoms with Crippen LogP contribution in [0.2, 0.25) is 0 Å². The maximum Gasteiger partial charge on any atom is 0.329 e. The SMILES string of the molecule is COc1cc(/C(C)=N/NC(=O)C(=O)Nc2c(C)cccc2C)ccc1Oc1ccc([N+](=O)[O-])cc1[N+](=O)[O-]. The number of benzene rings is 3. The molecule has 0 bridgehead atoms. The molecule has 196 valence electrons. The number of amides is 2. The molecule has 0 saturated carbocycles. The van der Waals surface area contributed by atoms with Gasteiger partial charge in [-0.25, -0.2) is 5.43 Å². The zero-order valence-corrected chi connectivity index (χ0v) is 20.8. The quantitative estimate of drug-likeness (QED) is 0.190. The minimum absolute atomic E-state index is 0.0954. The number of rotatable bonds is 8. The molecule has 2 N–H and O–H groups in total. The first kappa shape index (κ1) is 27.3. The molecule has 0 saturated heterocycles. The highest BCUT2D eigenvalue weighted by atomic mass is 16.6. The van der Waals surface area contributed by atoms with Crippen molar-refractivity contribution in [2.24, 2.45) is 5.10 Å². The number of carbonyl (C=O) groups excluding carboxylic acids is 2. The summed E-state index contributed by atoms with van der Waals surface area (Å²) in [5.74, 6) is -1.81. The highest BCUT2D eigenvalue weighted by molar-refractivity contribution is 6.39. The predicted octanol–water partition coefficient (Wildman–Crippen LogP) is 4.40. The number of aryl methyl sites for hydroxylation is 2. The minimum atomic E-state index is -0.968. The van der Waals surface area contributed by atoms with E-state index >= 15 is 0 Å². The van der Waals surface area contributed by atoms with Gasteiger partial charge in [-0.2, -0.15) is 5.10 Å². The van der Waals surface area contributed by atoms with Gasteiger partial charge >= 0.3 is 17.5 Å². The first-order chi connectivity index (χ1) is 18.0. The summed E-state index contributed by atoms with van der Waals surface area (Å²) in [5, 5.41) is 28.9. The number of carbonyl (C=O) groups is 2. The summed E-state index contributed by atoms with van der Waals surface area (Å²) in [6.07, 6.45) is 0. The van der Waals surface area contributed by atoms with Crippen LogP contribution in [0.5, 0.6) is 17.2 Å². The molecule has 0 atom stereocenters. The van der Waals surface area contributed by atoms with Gasteiger partial charge in [-0.3, -0.25) is 29.8 Å². The fraction of sp³-hybridized carbons (Fsp3) is 0.160. The second kappa shape index (κ2) is 11.6. The fourth-order valence-electron chi connectivity index (χ4n) is 3.38. The van der Waals surface area contributed by atoms with Crippen LogP contribution in [0.25, 0.3) is 0 Å². The number of non-ortho nitro benzene ring substituents is 1. The van der Waals surface area contributed by atoms with Crippen molar-refractivity contribution in [2.75, 3.05) is 12.4 Å². The second-order valence-electron chi connectivity index (χ2n) is 7.99. The topological polar surface area (TPSA) is 175 Å². The number of para-hydroxylation sites is 1. The Morgan fingerprint density at radius 2 is 1.53 bits per heavy atom. The molecule has 0 heterocycles. The van der Waals surface area contributed by atoms with Crippen molar-refractivity contribution in [2.45, 2.75) is 20.8 Å². The Morgan fingerprint density at radius 3 is 2.13 bits per heavy atom. The molecule has 0 aliphatic rings. The summed E-state index contributed by atoms with van der Waals surface area (Å²) >= 11 is 0. The van der Waals surface area contributed by atoms with Crippen molar-refractivity contribution in [3.8, 4) is 17.2 Å². The van der Waals surface area contributed by atoms with Crippen LogP contribution in [0.1, 0.15) is 23.6 Å². The van der Waals surface area contributed by atoms with E-state index in [1.807, 2.05) is 32.0 Å². The third-order valence-corrected chi connectivity index (χ3v) is 5.40. The largest absolute Gasteiger partial charge is 0.493 e. The predicted molar refractivity (Wildman–Crippen MR) is 138 cm³/mol. The van der Waals surface area contributed by atoms with Crippen LogP contribution >= 0.6 is 0 Å². The molecule has 0 unspecified atom stereocenters. The van der Waals surface area contributed by atoms with Crippen molar-refractivity contribution in [1.29, 1.82) is 0 Å². The van der Waals surface area contributed by atoms with E-state index in [1.165, 1.54) is 19.2 Å². The van der Waals surface area contributed by atoms with Gasteiger partial charge in [-0.1, -0.05) is 18.2 Å². The van der Waals surface area contributed by atoms with Crippen molar-refractivity contribution in [3.05, 3.63) is 91.5 Å². The van der Waals surface area contributed by atoms with Gasteiger partial charge in [0.05, 0.1) is 28.7 Å². The smallest absolute Gasteiger partial charge is 0.329 e. The van der Waals surface area contributed by atoms with E-state index in [0.717, 1.165) is 29.3 Å². The highest BCUT2D eigenvalue weighted by Gasteiger charge is 2.22. The number of hydrazone groups is 1. The van der Waals surface area contributed by atoms with Crippen LogP contribution in [-0.4, -0.2) is 34.5 Å². The average Bonchev–Trinajstić information content (AvgIpc) is 2.89. The van der Waals surface area contributed by atoms with Crippen LogP contribution in [0.3, 0.4) is 0 Å². The molecule has 3 rings (SSSR count). The lowest BCUT2D eigenvalue weighted by atomic mass is 10.1. The maximum atomic E-state index is 12.3. The number of nitrogens with zero attached hydrogens (tertiary/aromatic N) is 3. The van der Waals surface area contributed by atoms with Crippen LogP contribution in [-0.2, 0) is 9.59 Å². The van der Waals surface area contributed by atoms with Crippen LogP contribution < -0.4 is 20.2 Å². The first-order valence-electron chi connectivity index (χ1n) is 11.0. The molecule has 0 radical (unpaired) electrons. The summed E-state index contributed by atoms with van der Waals surface area (Å²) in [4.78, 5) is 45.4. The number of methoxy groups -OCH3 is 1. The van der Waals surface area contributed by atoms with Crippen molar-refractivity contribution in [1.82, 2.24) is 5.43 Å². The van der Waals surface area contributed by atoms with Crippen LogP contribution in [0, 0.1) is 34.1 Å². The summed E-state index contributed by atoms with van der Waals surface area (Å²) in [6, 6.07) is 13.0. The van der Waals surface area contributed by atoms with Crippen molar-refractivity contribution < 1.29 is 28.9 Å². The number of hydrogen-bond acceptors (Lipinski definition) is 9. The fourth-order valence-corrected chi connectivity index (χ4v) is 3.38. The van der Waals surface area contributed by atoms with Gasteiger partial charge in [-0.05, 0) is 56.2 Å². The summed E-state index contributed by atoms with van der Waals surface area (Å²) in [6.45, 7) is 5.20. The molecule has 13 heteroatoms. The standard InChI is InChI=1S/C25H23N5O8/c1-14-6-5-7-15(2)23(14)26-24(31)25(32)28-27-16(3)17-8-10-21(22(12-17)37-4)38-20-11-9-18(29(33)34)13-19(20)30(35)36/h5-13H,1-4H3,(H,26,31)(H,28,32)/b27-16+. The number of nitro benzene ring substituents is 2. The number of nitrogens with one attached hydrogen (secondary N) is 2. The van der Waals surface area contributed by atoms with E-state index in [-0.39, 0.29) is 17.2 Å². The lowest BCUT2D eigenvalue weighted by molar-refractivity contribution is -0.394. The number of anilines is 1. The van der Waals surface area contributed by atoms with Gasteiger partial charge in [0, 0.05) is 17.3 Å². The monoisotopic (exact) mass is 521 g/mol. The van der Waals surface area contributed by atoms with Crippen LogP contribution in [0.15, 0.2) is 59.7 Å². The number of ether oxygens (including phenoxy) is 2. The molecular weight excluding hydrogens is 498 g/mol. The third-order valence-electron chi connectivity index (χ3n) is 5.40. The summed E-state index contributed by atoms with van der Waals surface area (Å²) in [5.41, 5.74) is 4.12. The molecule has 0 aliphatic carbocycles.